The van der Waals surface area contributed by atoms with Gasteiger partial charge in [-0.25, -0.2) is 9.78 Å². The van der Waals surface area contributed by atoms with Crippen LogP contribution in [0.3, 0.4) is 0 Å². The van der Waals surface area contributed by atoms with Gasteiger partial charge in [0, 0.05) is 24.3 Å². The molecule has 1 aromatic heterocycles. The van der Waals surface area contributed by atoms with E-state index >= 15 is 0 Å². The van der Waals surface area contributed by atoms with E-state index in [0.717, 1.165) is 18.4 Å². The highest BCUT2D eigenvalue weighted by Crippen LogP contribution is 2.48. The number of carboxylic acid groups (broad SMARTS) is 1. The number of imidazole rings is 1. The van der Waals surface area contributed by atoms with Crippen LogP contribution in [0.5, 0.6) is 0 Å². The molecule has 23 heavy (non-hydrogen) atoms. The summed E-state index contributed by atoms with van der Waals surface area (Å²) >= 11 is 5.89. The number of aromatic carboxylic acids is 1. The van der Waals surface area contributed by atoms with Gasteiger partial charge in [-0.2, -0.15) is 0 Å². The molecule has 0 radical (unpaired) electrons. The smallest absolute Gasteiger partial charge is 0.356 e. The van der Waals surface area contributed by atoms with Crippen molar-refractivity contribution >= 4 is 23.5 Å². The average Bonchev–Trinajstić information content (AvgIpc) is 3.20. The molecule has 1 amide bonds. The first-order valence-corrected chi connectivity index (χ1v) is 7.68. The Hall–Kier alpha value is -2.34. The minimum Gasteiger partial charge on any atom is -0.476 e. The molecule has 0 unspecified atom stereocenters. The van der Waals surface area contributed by atoms with Gasteiger partial charge in [-0.15, -0.1) is 0 Å². The Labute approximate surface area is 138 Å². The maximum atomic E-state index is 12.5. The minimum absolute atomic E-state index is 0.00149. The van der Waals surface area contributed by atoms with Crippen LogP contribution in [0.2, 0.25) is 5.02 Å². The van der Waals surface area contributed by atoms with Gasteiger partial charge in [0.05, 0.1) is 11.7 Å². The third kappa shape index (κ3) is 3.22. The Balaban J connectivity index is 1.57. The van der Waals surface area contributed by atoms with Gasteiger partial charge in [0.1, 0.15) is 0 Å². The predicted octanol–water partition coefficient (Wildman–Crippen LogP) is 2.08. The molecule has 0 spiro atoms. The molecule has 2 N–H and O–H groups in total. The minimum atomic E-state index is -1.06. The Morgan fingerprint density at radius 3 is 2.57 bits per heavy atom. The number of carboxylic acids is 1. The van der Waals surface area contributed by atoms with Crippen molar-refractivity contribution in [2.45, 2.75) is 24.8 Å². The second-order valence-corrected chi connectivity index (χ2v) is 6.08. The number of rotatable bonds is 6. The van der Waals surface area contributed by atoms with Crippen LogP contribution in [-0.2, 0) is 16.8 Å². The normalized spacial score (nSPS) is 15.2. The van der Waals surface area contributed by atoms with Crippen LogP contribution < -0.4 is 5.32 Å². The topological polar surface area (TPSA) is 84.2 Å². The largest absolute Gasteiger partial charge is 0.476 e. The molecule has 1 heterocycles. The number of hydrogen-bond acceptors (Lipinski definition) is 3. The summed E-state index contributed by atoms with van der Waals surface area (Å²) in [4.78, 5) is 27.0. The van der Waals surface area contributed by atoms with Gasteiger partial charge in [-0.05, 0) is 30.5 Å². The van der Waals surface area contributed by atoms with Gasteiger partial charge in [-0.3, -0.25) is 4.79 Å². The lowest BCUT2D eigenvalue weighted by molar-refractivity contribution is -0.123. The molecule has 0 saturated heterocycles. The summed E-state index contributed by atoms with van der Waals surface area (Å²) in [6.07, 6.45) is 4.55. The fraction of sp³-hybridized carbons (Fsp3) is 0.312. The average molecular weight is 334 g/mol. The van der Waals surface area contributed by atoms with Crippen molar-refractivity contribution in [1.82, 2.24) is 14.9 Å². The maximum Gasteiger partial charge on any atom is 0.356 e. The molecule has 1 aliphatic carbocycles. The maximum absolute atomic E-state index is 12.5. The van der Waals surface area contributed by atoms with Crippen LogP contribution >= 0.6 is 11.6 Å². The molecule has 7 heteroatoms. The van der Waals surface area contributed by atoms with Crippen LogP contribution in [0.15, 0.2) is 36.8 Å². The van der Waals surface area contributed by atoms with Gasteiger partial charge in [0.15, 0.2) is 5.69 Å². The van der Waals surface area contributed by atoms with E-state index in [-0.39, 0.29) is 11.6 Å². The highest BCUT2D eigenvalue weighted by Gasteiger charge is 2.50. The van der Waals surface area contributed by atoms with E-state index in [1.165, 1.54) is 12.5 Å². The number of nitrogens with zero attached hydrogens (tertiary/aromatic N) is 2. The summed E-state index contributed by atoms with van der Waals surface area (Å²) in [5.74, 6) is -1.06. The van der Waals surface area contributed by atoms with Crippen molar-refractivity contribution < 1.29 is 14.7 Å². The predicted molar refractivity (Wildman–Crippen MR) is 84.6 cm³/mol. The van der Waals surface area contributed by atoms with Crippen LogP contribution in [-0.4, -0.2) is 33.1 Å². The number of carbonyl (C=O) groups excluding carboxylic acids is 1. The number of hydrogen-bond donors (Lipinski definition) is 2. The second kappa shape index (κ2) is 6.04. The van der Waals surface area contributed by atoms with Crippen LogP contribution in [0, 0.1) is 0 Å². The summed E-state index contributed by atoms with van der Waals surface area (Å²) < 4.78 is 1.64. The molecule has 0 bridgehead atoms. The van der Waals surface area contributed by atoms with Crippen molar-refractivity contribution in [3.63, 3.8) is 0 Å². The molecule has 0 atom stereocenters. The Morgan fingerprint density at radius 1 is 1.30 bits per heavy atom. The van der Waals surface area contributed by atoms with Gasteiger partial charge in [-0.1, -0.05) is 23.7 Å². The number of aromatic nitrogens is 2. The van der Waals surface area contributed by atoms with E-state index in [9.17, 15) is 9.59 Å². The fourth-order valence-electron chi connectivity index (χ4n) is 2.60. The fourth-order valence-corrected chi connectivity index (χ4v) is 2.73. The summed E-state index contributed by atoms with van der Waals surface area (Å²) in [6, 6.07) is 7.38. The van der Waals surface area contributed by atoms with E-state index in [1.807, 2.05) is 12.1 Å². The van der Waals surface area contributed by atoms with E-state index < -0.39 is 11.4 Å². The van der Waals surface area contributed by atoms with E-state index in [1.54, 1.807) is 16.7 Å². The van der Waals surface area contributed by atoms with Crippen molar-refractivity contribution in [3.05, 3.63) is 53.1 Å². The number of nitrogens with one attached hydrogen (secondary N) is 1. The quantitative estimate of drug-likeness (QED) is 0.847. The van der Waals surface area contributed by atoms with Gasteiger partial charge < -0.3 is 15.0 Å². The van der Waals surface area contributed by atoms with E-state index in [4.69, 9.17) is 16.7 Å². The SMILES string of the molecule is O=C(O)c1cn(CCNC(=O)C2(c3ccc(Cl)cc3)CC2)cn1. The third-order valence-electron chi connectivity index (χ3n) is 4.09. The first kappa shape index (κ1) is 15.6. The highest BCUT2D eigenvalue weighted by atomic mass is 35.5. The Morgan fingerprint density at radius 2 is 2.00 bits per heavy atom. The third-order valence-corrected chi connectivity index (χ3v) is 4.34. The number of amides is 1. The molecule has 0 aliphatic heterocycles. The molecule has 1 aliphatic rings. The highest BCUT2D eigenvalue weighted by molar-refractivity contribution is 6.30. The van der Waals surface area contributed by atoms with E-state index in [0.29, 0.717) is 18.1 Å². The zero-order chi connectivity index (χ0) is 16.4. The lowest BCUT2D eigenvalue weighted by Crippen LogP contribution is -2.36. The first-order chi connectivity index (χ1) is 11.0. The molecule has 1 fully saturated rings. The number of carbonyl (C=O) groups is 2. The lowest BCUT2D eigenvalue weighted by Gasteiger charge is -2.16. The first-order valence-electron chi connectivity index (χ1n) is 7.31. The van der Waals surface area contributed by atoms with Crippen molar-refractivity contribution in [2.24, 2.45) is 0 Å². The van der Waals surface area contributed by atoms with Gasteiger partial charge in [0.25, 0.3) is 0 Å². The summed E-state index contributed by atoms with van der Waals surface area (Å²) in [5, 5.41) is 12.4. The van der Waals surface area contributed by atoms with Crippen molar-refractivity contribution in [3.8, 4) is 0 Å². The van der Waals surface area contributed by atoms with Gasteiger partial charge >= 0.3 is 5.97 Å². The zero-order valence-electron chi connectivity index (χ0n) is 12.3. The standard InChI is InChI=1S/C16H16ClN3O3/c17-12-3-1-11(2-4-12)16(5-6-16)15(23)18-7-8-20-9-13(14(21)22)19-10-20/h1-4,9-10H,5-8H2,(H,18,23)(H,21,22). The number of halogens is 1. The van der Waals surface area contributed by atoms with Crippen molar-refractivity contribution in [1.29, 1.82) is 0 Å². The molecule has 2 aromatic rings. The van der Waals surface area contributed by atoms with Crippen LogP contribution in [0.25, 0.3) is 0 Å². The van der Waals surface area contributed by atoms with E-state index in [2.05, 4.69) is 10.3 Å². The Bertz CT molecular complexity index is 735. The summed E-state index contributed by atoms with van der Waals surface area (Å²) in [6.45, 7) is 0.895. The number of benzene rings is 1. The summed E-state index contributed by atoms with van der Waals surface area (Å²) in [5.41, 5.74) is 0.539. The molecule has 1 saturated carbocycles. The summed E-state index contributed by atoms with van der Waals surface area (Å²) in [7, 11) is 0. The second-order valence-electron chi connectivity index (χ2n) is 5.65. The molecule has 3 rings (SSSR count). The van der Waals surface area contributed by atoms with Crippen molar-refractivity contribution in [2.75, 3.05) is 6.54 Å². The molecule has 120 valence electrons. The molecule has 6 nitrogen and oxygen atoms in total. The zero-order valence-corrected chi connectivity index (χ0v) is 13.1. The lowest BCUT2D eigenvalue weighted by atomic mass is 9.95. The Kier molecular flexibility index (Phi) is 4.09. The molecular weight excluding hydrogens is 318 g/mol. The van der Waals surface area contributed by atoms with Gasteiger partial charge in [0.2, 0.25) is 5.91 Å². The molecule has 1 aromatic carbocycles. The van der Waals surface area contributed by atoms with Crippen LogP contribution in [0.4, 0.5) is 0 Å². The van der Waals surface area contributed by atoms with Crippen LogP contribution in [0.1, 0.15) is 28.9 Å². The monoisotopic (exact) mass is 333 g/mol. The molecular formula is C16H16ClN3O3.